The van der Waals surface area contributed by atoms with Crippen molar-refractivity contribution in [2.45, 2.75) is 12.7 Å². The van der Waals surface area contributed by atoms with Gasteiger partial charge in [0.2, 0.25) is 0 Å². The monoisotopic (exact) mass is 496 g/mol. The Labute approximate surface area is 186 Å². The summed E-state index contributed by atoms with van der Waals surface area (Å²) in [7, 11) is 1.77. The summed E-state index contributed by atoms with van der Waals surface area (Å²) in [6.45, 7) is 0. The van der Waals surface area contributed by atoms with E-state index >= 15 is 0 Å². The summed E-state index contributed by atoms with van der Waals surface area (Å²) in [5, 5.41) is 0. The number of benzene rings is 2. The van der Waals surface area contributed by atoms with E-state index in [-0.39, 0.29) is 21.2 Å². The number of nitrogens with zero attached hydrogens (tertiary/aromatic N) is 2. The quantitative estimate of drug-likeness (QED) is 0.520. The lowest BCUT2D eigenvalue weighted by atomic mass is 10.2. The second kappa shape index (κ2) is 10.2. The van der Waals surface area contributed by atoms with Crippen LogP contribution in [-0.4, -0.2) is 45.2 Å². The molecule has 0 heterocycles. The van der Waals surface area contributed by atoms with Gasteiger partial charge in [0.25, 0.3) is 0 Å². The molecule has 4 amide bonds. The van der Waals surface area contributed by atoms with Crippen LogP contribution >= 0.6 is 0 Å². The van der Waals surface area contributed by atoms with Crippen molar-refractivity contribution in [1.29, 1.82) is 0 Å². The molecule has 2 aromatic carbocycles. The van der Waals surface area contributed by atoms with E-state index in [0.717, 1.165) is 62.8 Å². The van der Waals surface area contributed by atoms with E-state index in [1.165, 1.54) is 0 Å². The number of hydrogen-bond donors (Lipinski definition) is 0. The highest BCUT2D eigenvalue weighted by atomic mass is 19.4. The van der Waals surface area contributed by atoms with Crippen LogP contribution in [0.5, 0.6) is 11.5 Å². The minimum Gasteiger partial charge on any atom is -0.452 e. The van der Waals surface area contributed by atoms with E-state index in [2.05, 4.69) is 18.9 Å². The van der Waals surface area contributed by atoms with Gasteiger partial charge in [-0.25, -0.2) is 14.4 Å². The molecule has 0 radical (unpaired) electrons. The Morgan fingerprint density at radius 1 is 0.618 bits per heavy atom. The Bertz CT molecular complexity index is 942. The molecule has 2 aromatic rings. The van der Waals surface area contributed by atoms with Crippen molar-refractivity contribution in [2.24, 2.45) is 0 Å². The SMILES string of the molecule is COC(=O)N(C(=O)N(C(=O)OC)c1ccc(OC(F)(F)F)cc1)c1ccc(OC(F)(F)F)cc1. The zero-order chi connectivity index (χ0) is 25.7. The third-order valence-electron chi connectivity index (χ3n) is 3.75. The molecule has 0 unspecified atom stereocenters. The minimum atomic E-state index is -5.00. The summed E-state index contributed by atoms with van der Waals surface area (Å²) in [4.78, 5) is 38.2. The molecule has 0 aliphatic carbocycles. The molecular formula is C19H14F6N2O7. The Hall–Kier alpha value is -4.17. The summed E-state index contributed by atoms with van der Waals surface area (Å²) in [6, 6.07) is 5.31. The number of imide groups is 2. The van der Waals surface area contributed by atoms with Crippen molar-refractivity contribution >= 4 is 29.6 Å². The average molecular weight is 496 g/mol. The second-order valence-electron chi connectivity index (χ2n) is 5.98. The molecule has 0 N–H and O–H groups in total. The van der Waals surface area contributed by atoms with Crippen molar-refractivity contribution in [3.63, 3.8) is 0 Å². The number of carbonyl (C=O) groups is 3. The Morgan fingerprint density at radius 3 is 1.15 bits per heavy atom. The number of urea groups is 1. The summed E-state index contributed by atoms with van der Waals surface area (Å²) in [6.07, 6.45) is -12.7. The van der Waals surface area contributed by atoms with Crippen LogP contribution in [0.1, 0.15) is 0 Å². The van der Waals surface area contributed by atoms with E-state index in [0.29, 0.717) is 0 Å². The van der Waals surface area contributed by atoms with Crippen molar-refractivity contribution in [2.75, 3.05) is 24.0 Å². The standard InChI is InChI=1S/C19H14F6N2O7/c1-31-16(29)26(11-3-7-13(8-4-11)33-18(20,21)22)15(28)27(17(30)32-2)12-5-9-14(10-6-12)34-19(23,24)25/h3-10H,1-2H3. The zero-order valence-corrected chi connectivity index (χ0v) is 17.1. The molecule has 0 atom stereocenters. The van der Waals surface area contributed by atoms with Gasteiger partial charge in [-0.3, -0.25) is 0 Å². The van der Waals surface area contributed by atoms with Crippen LogP contribution in [-0.2, 0) is 9.47 Å². The van der Waals surface area contributed by atoms with E-state index in [1.54, 1.807) is 0 Å². The summed E-state index contributed by atoms with van der Waals surface area (Å²) >= 11 is 0. The Balaban J connectivity index is 2.43. The highest BCUT2D eigenvalue weighted by molar-refractivity contribution is 6.24. The number of hydrogen-bond acceptors (Lipinski definition) is 7. The van der Waals surface area contributed by atoms with Gasteiger partial charge in [-0.05, 0) is 48.5 Å². The Kier molecular flexibility index (Phi) is 7.81. The maximum Gasteiger partial charge on any atom is 0.573 e. The van der Waals surface area contributed by atoms with Crippen LogP contribution in [0.25, 0.3) is 0 Å². The summed E-state index contributed by atoms with van der Waals surface area (Å²) in [5.41, 5.74) is -0.672. The zero-order valence-electron chi connectivity index (χ0n) is 17.1. The van der Waals surface area contributed by atoms with Crippen molar-refractivity contribution < 1.29 is 59.7 Å². The van der Waals surface area contributed by atoms with Gasteiger partial charge >= 0.3 is 30.9 Å². The fourth-order valence-electron chi connectivity index (χ4n) is 2.46. The minimum absolute atomic E-state index is 0.272. The number of alkyl halides is 6. The molecule has 0 saturated heterocycles. The first kappa shape index (κ1) is 26.1. The van der Waals surface area contributed by atoms with Crippen LogP contribution in [0.4, 0.5) is 52.1 Å². The molecule has 0 spiro atoms. The molecule has 184 valence electrons. The van der Waals surface area contributed by atoms with Crippen molar-refractivity contribution in [3.05, 3.63) is 48.5 Å². The van der Waals surface area contributed by atoms with E-state index in [4.69, 9.17) is 0 Å². The first-order valence-electron chi connectivity index (χ1n) is 8.77. The molecule has 0 saturated carbocycles. The fraction of sp³-hybridized carbons (Fsp3) is 0.211. The van der Waals surface area contributed by atoms with Gasteiger partial charge in [-0.15, -0.1) is 26.3 Å². The molecule has 0 fully saturated rings. The van der Waals surface area contributed by atoms with Crippen LogP contribution in [0, 0.1) is 0 Å². The second-order valence-corrected chi connectivity index (χ2v) is 5.98. The lowest BCUT2D eigenvalue weighted by Gasteiger charge is -2.26. The van der Waals surface area contributed by atoms with Gasteiger partial charge in [-0.1, -0.05) is 0 Å². The molecule has 0 bridgehead atoms. The van der Waals surface area contributed by atoms with Gasteiger partial charge in [0, 0.05) is 0 Å². The Morgan fingerprint density at radius 2 is 0.912 bits per heavy atom. The molecular weight excluding hydrogens is 482 g/mol. The number of rotatable bonds is 4. The molecule has 9 nitrogen and oxygen atoms in total. The molecule has 15 heteroatoms. The van der Waals surface area contributed by atoms with Gasteiger partial charge in [0.05, 0.1) is 25.6 Å². The number of halogens is 6. The van der Waals surface area contributed by atoms with Gasteiger partial charge in [0.15, 0.2) is 0 Å². The summed E-state index contributed by atoms with van der Waals surface area (Å²) in [5.74, 6) is -1.34. The average Bonchev–Trinajstić information content (AvgIpc) is 2.74. The smallest absolute Gasteiger partial charge is 0.452 e. The van der Waals surface area contributed by atoms with Crippen LogP contribution in [0.2, 0.25) is 0 Å². The van der Waals surface area contributed by atoms with Crippen LogP contribution in [0.15, 0.2) is 48.5 Å². The third kappa shape index (κ3) is 6.91. The predicted molar refractivity (Wildman–Crippen MR) is 101 cm³/mol. The summed E-state index contributed by atoms with van der Waals surface area (Å²) < 4.78 is 90.6. The van der Waals surface area contributed by atoms with E-state index < -0.39 is 42.4 Å². The topological polar surface area (TPSA) is 94.6 Å². The van der Waals surface area contributed by atoms with E-state index in [1.807, 2.05) is 0 Å². The molecule has 34 heavy (non-hydrogen) atoms. The molecule has 0 aliphatic heterocycles. The normalized spacial score (nSPS) is 11.3. The molecule has 0 aromatic heterocycles. The lowest BCUT2D eigenvalue weighted by Crippen LogP contribution is -2.49. The van der Waals surface area contributed by atoms with E-state index in [9.17, 15) is 40.7 Å². The predicted octanol–water partition coefficient (Wildman–Crippen LogP) is 5.45. The van der Waals surface area contributed by atoms with Crippen molar-refractivity contribution in [3.8, 4) is 11.5 Å². The fourth-order valence-corrected chi connectivity index (χ4v) is 2.46. The van der Waals surface area contributed by atoms with Crippen LogP contribution in [0.3, 0.4) is 0 Å². The van der Waals surface area contributed by atoms with Gasteiger partial charge < -0.3 is 18.9 Å². The molecule has 2 rings (SSSR count). The number of amides is 4. The number of ether oxygens (including phenoxy) is 4. The highest BCUT2D eigenvalue weighted by Crippen LogP contribution is 2.29. The van der Waals surface area contributed by atoms with Gasteiger partial charge in [0.1, 0.15) is 11.5 Å². The largest absolute Gasteiger partial charge is 0.573 e. The maximum absolute atomic E-state index is 13.1. The number of anilines is 2. The molecule has 0 aliphatic rings. The van der Waals surface area contributed by atoms with Crippen LogP contribution < -0.4 is 19.3 Å². The first-order chi connectivity index (χ1) is 15.8. The highest BCUT2D eigenvalue weighted by Gasteiger charge is 2.36. The number of carbonyl (C=O) groups excluding carboxylic acids is 3. The lowest BCUT2D eigenvalue weighted by molar-refractivity contribution is -0.275. The number of methoxy groups -OCH3 is 2. The maximum atomic E-state index is 13.1. The first-order valence-corrected chi connectivity index (χ1v) is 8.77. The third-order valence-corrected chi connectivity index (χ3v) is 3.75. The van der Waals surface area contributed by atoms with Gasteiger partial charge in [-0.2, -0.15) is 9.80 Å². The van der Waals surface area contributed by atoms with Crippen molar-refractivity contribution in [1.82, 2.24) is 0 Å².